The Morgan fingerprint density at radius 1 is 1.04 bits per heavy atom. The Hall–Kier alpha value is -3.16. The first kappa shape index (κ1) is 21.1. The first-order valence-corrected chi connectivity index (χ1v) is 9.29. The first-order valence-electron chi connectivity index (χ1n) is 9.29. The minimum Gasteiger partial charge on any atom is -0.347 e. The van der Waals surface area contributed by atoms with Crippen LogP contribution in [-0.2, 0) is 0 Å². The molecule has 2 rings (SSSR count). The van der Waals surface area contributed by atoms with E-state index in [-0.39, 0.29) is 29.6 Å². The third-order valence-corrected chi connectivity index (χ3v) is 4.31. The van der Waals surface area contributed by atoms with Crippen molar-refractivity contribution in [3.05, 3.63) is 68.5 Å². The van der Waals surface area contributed by atoms with Crippen molar-refractivity contribution < 1.29 is 9.59 Å². The van der Waals surface area contributed by atoms with Gasteiger partial charge in [0.1, 0.15) is 11.1 Å². The van der Waals surface area contributed by atoms with Crippen molar-refractivity contribution in [2.75, 3.05) is 13.1 Å². The van der Waals surface area contributed by atoms with Gasteiger partial charge in [0, 0.05) is 31.5 Å². The average molecular weight is 386 g/mol. The van der Waals surface area contributed by atoms with Crippen LogP contribution in [0.3, 0.4) is 0 Å². The second kappa shape index (κ2) is 9.68. The van der Waals surface area contributed by atoms with Gasteiger partial charge in [-0.25, -0.2) is 0 Å². The molecule has 2 aromatic rings. The van der Waals surface area contributed by atoms with Gasteiger partial charge in [0.05, 0.1) is 0 Å². The summed E-state index contributed by atoms with van der Waals surface area (Å²) in [4.78, 5) is 55.6. The largest absolute Gasteiger partial charge is 0.347 e. The molecule has 0 bridgehead atoms. The van der Waals surface area contributed by atoms with Crippen LogP contribution in [0.1, 0.15) is 47.9 Å². The molecule has 0 saturated carbocycles. The Morgan fingerprint density at radius 3 is 2.11 bits per heavy atom. The summed E-state index contributed by atoms with van der Waals surface area (Å²) in [5, 5.41) is 2.85. The highest BCUT2D eigenvalue weighted by Gasteiger charge is 2.23. The standard InChI is InChI=1S/C20H26N4O4/c1-4-24(20(28)16-8-6-10-22-18(16)26)12-14(11-13(2)3)23-19(27)15-7-5-9-21-17(15)25/h5-10,13-14H,4,11-12H2,1-3H3,(H,21,25)(H,22,26)(H,23,27). The van der Waals surface area contributed by atoms with Crippen molar-refractivity contribution in [3.63, 3.8) is 0 Å². The van der Waals surface area contributed by atoms with Crippen LogP contribution in [0.15, 0.2) is 46.2 Å². The zero-order valence-electron chi connectivity index (χ0n) is 16.3. The quantitative estimate of drug-likeness (QED) is 0.635. The van der Waals surface area contributed by atoms with Gasteiger partial charge in [-0.1, -0.05) is 13.8 Å². The maximum absolute atomic E-state index is 12.8. The predicted molar refractivity (Wildman–Crippen MR) is 106 cm³/mol. The van der Waals surface area contributed by atoms with E-state index in [0.717, 1.165) is 0 Å². The van der Waals surface area contributed by atoms with Crippen LogP contribution in [0.5, 0.6) is 0 Å². The smallest absolute Gasteiger partial charge is 0.260 e. The Bertz CT molecular complexity index is 932. The van der Waals surface area contributed by atoms with Crippen LogP contribution in [0.25, 0.3) is 0 Å². The van der Waals surface area contributed by atoms with Gasteiger partial charge in [-0.15, -0.1) is 0 Å². The number of nitrogens with zero attached hydrogens (tertiary/aromatic N) is 1. The zero-order valence-corrected chi connectivity index (χ0v) is 16.3. The van der Waals surface area contributed by atoms with Gasteiger partial charge < -0.3 is 20.2 Å². The zero-order chi connectivity index (χ0) is 20.7. The van der Waals surface area contributed by atoms with Crippen LogP contribution >= 0.6 is 0 Å². The molecule has 1 atom stereocenters. The van der Waals surface area contributed by atoms with Gasteiger partial charge in [0.25, 0.3) is 22.9 Å². The highest BCUT2D eigenvalue weighted by atomic mass is 16.2. The fourth-order valence-electron chi connectivity index (χ4n) is 2.99. The number of carbonyl (C=O) groups excluding carboxylic acids is 2. The Morgan fingerprint density at radius 2 is 1.61 bits per heavy atom. The second-order valence-corrected chi connectivity index (χ2v) is 6.97. The fourth-order valence-corrected chi connectivity index (χ4v) is 2.99. The number of H-pyrrole nitrogens is 2. The third kappa shape index (κ3) is 5.42. The number of carbonyl (C=O) groups is 2. The highest BCUT2D eigenvalue weighted by molar-refractivity contribution is 5.95. The number of aromatic amines is 2. The maximum Gasteiger partial charge on any atom is 0.260 e. The molecule has 2 amide bonds. The molecule has 1 unspecified atom stereocenters. The summed E-state index contributed by atoms with van der Waals surface area (Å²) in [6.07, 6.45) is 3.54. The van der Waals surface area contributed by atoms with Gasteiger partial charge >= 0.3 is 0 Å². The van der Waals surface area contributed by atoms with Crippen molar-refractivity contribution >= 4 is 11.8 Å². The summed E-state index contributed by atoms with van der Waals surface area (Å²) < 4.78 is 0. The molecule has 2 aromatic heterocycles. The summed E-state index contributed by atoms with van der Waals surface area (Å²) in [5.41, 5.74) is -0.850. The van der Waals surface area contributed by atoms with Gasteiger partial charge in [0.15, 0.2) is 0 Å². The van der Waals surface area contributed by atoms with Crippen molar-refractivity contribution in [1.82, 2.24) is 20.2 Å². The van der Waals surface area contributed by atoms with Crippen molar-refractivity contribution in [1.29, 1.82) is 0 Å². The highest BCUT2D eigenvalue weighted by Crippen LogP contribution is 2.09. The SMILES string of the molecule is CCN(CC(CC(C)C)NC(=O)c1ccc[nH]c1=O)C(=O)c1ccc[nH]c1=O. The van der Waals surface area contributed by atoms with E-state index < -0.39 is 22.9 Å². The monoisotopic (exact) mass is 386 g/mol. The molecule has 0 spiro atoms. The number of aromatic nitrogens is 2. The minimum absolute atomic E-state index is 0.0186. The topological polar surface area (TPSA) is 115 Å². The second-order valence-electron chi connectivity index (χ2n) is 6.97. The van der Waals surface area contributed by atoms with E-state index in [1.165, 1.54) is 29.4 Å². The van der Waals surface area contributed by atoms with Crippen LogP contribution in [0, 0.1) is 5.92 Å². The lowest BCUT2D eigenvalue weighted by Gasteiger charge is -2.28. The summed E-state index contributed by atoms with van der Waals surface area (Å²) in [7, 11) is 0. The van der Waals surface area contributed by atoms with E-state index in [0.29, 0.717) is 13.0 Å². The maximum atomic E-state index is 12.8. The van der Waals surface area contributed by atoms with E-state index in [9.17, 15) is 19.2 Å². The lowest BCUT2D eigenvalue weighted by atomic mass is 10.0. The van der Waals surface area contributed by atoms with Crippen LogP contribution in [0.2, 0.25) is 0 Å². The first-order chi connectivity index (χ1) is 13.3. The third-order valence-electron chi connectivity index (χ3n) is 4.31. The summed E-state index contributed by atoms with van der Waals surface area (Å²) in [5.74, 6) is -0.633. The van der Waals surface area contributed by atoms with Crippen LogP contribution in [0.4, 0.5) is 0 Å². The molecular formula is C20H26N4O4. The average Bonchev–Trinajstić information content (AvgIpc) is 2.65. The molecule has 0 radical (unpaired) electrons. The number of nitrogens with one attached hydrogen (secondary N) is 3. The Kier molecular flexibility index (Phi) is 7.31. The van der Waals surface area contributed by atoms with E-state index in [2.05, 4.69) is 15.3 Å². The molecule has 0 saturated heterocycles. The van der Waals surface area contributed by atoms with E-state index in [1.807, 2.05) is 20.8 Å². The van der Waals surface area contributed by atoms with Crippen LogP contribution < -0.4 is 16.4 Å². The number of pyridine rings is 2. The van der Waals surface area contributed by atoms with Gasteiger partial charge in [0.2, 0.25) is 0 Å². The summed E-state index contributed by atoms with van der Waals surface area (Å²) in [6.45, 7) is 6.44. The van der Waals surface area contributed by atoms with E-state index in [1.54, 1.807) is 12.1 Å². The van der Waals surface area contributed by atoms with E-state index >= 15 is 0 Å². The minimum atomic E-state index is -0.492. The molecule has 150 valence electrons. The molecule has 8 heteroatoms. The van der Waals surface area contributed by atoms with Crippen molar-refractivity contribution in [2.24, 2.45) is 5.92 Å². The lowest BCUT2D eigenvalue weighted by molar-refractivity contribution is 0.0724. The van der Waals surface area contributed by atoms with Gasteiger partial charge in [-0.3, -0.25) is 19.2 Å². The molecule has 3 N–H and O–H groups in total. The molecule has 0 fully saturated rings. The molecule has 2 heterocycles. The normalized spacial score (nSPS) is 11.9. The molecule has 0 aromatic carbocycles. The summed E-state index contributed by atoms with van der Waals surface area (Å²) >= 11 is 0. The number of hydrogen-bond acceptors (Lipinski definition) is 4. The van der Waals surface area contributed by atoms with Crippen molar-refractivity contribution in [2.45, 2.75) is 33.2 Å². The van der Waals surface area contributed by atoms with Crippen LogP contribution in [-0.4, -0.2) is 45.8 Å². The lowest BCUT2D eigenvalue weighted by Crippen LogP contribution is -2.48. The number of hydrogen-bond donors (Lipinski definition) is 3. The fraction of sp³-hybridized carbons (Fsp3) is 0.400. The molecule has 0 aliphatic rings. The molecule has 0 aliphatic carbocycles. The predicted octanol–water partition coefficient (Wildman–Crippen LogP) is 1.37. The number of amides is 2. The summed E-state index contributed by atoms with van der Waals surface area (Å²) in [6, 6.07) is 5.74. The molecule has 28 heavy (non-hydrogen) atoms. The van der Waals surface area contributed by atoms with Gasteiger partial charge in [-0.2, -0.15) is 0 Å². The number of rotatable bonds is 8. The molecular weight excluding hydrogens is 360 g/mol. The Balaban J connectivity index is 2.20. The Labute approximate surface area is 163 Å². The van der Waals surface area contributed by atoms with Gasteiger partial charge in [-0.05, 0) is 43.5 Å². The number of likely N-dealkylation sites (N-methyl/N-ethyl adjacent to an activating group) is 1. The molecule has 8 nitrogen and oxygen atoms in total. The molecule has 0 aliphatic heterocycles. The van der Waals surface area contributed by atoms with Crippen molar-refractivity contribution in [3.8, 4) is 0 Å². The van der Waals surface area contributed by atoms with E-state index in [4.69, 9.17) is 0 Å².